The van der Waals surface area contributed by atoms with E-state index in [-0.39, 0.29) is 29.0 Å². The van der Waals surface area contributed by atoms with Gasteiger partial charge in [-0.3, -0.25) is 9.59 Å². The van der Waals surface area contributed by atoms with Crippen molar-refractivity contribution >= 4 is 33.2 Å². The van der Waals surface area contributed by atoms with Crippen LogP contribution >= 0.6 is 0 Å². The first-order valence-corrected chi connectivity index (χ1v) is 10.3. The van der Waals surface area contributed by atoms with Crippen molar-refractivity contribution in [2.24, 2.45) is 0 Å². The normalized spacial score (nSPS) is 18.1. The van der Waals surface area contributed by atoms with Crippen molar-refractivity contribution in [2.75, 3.05) is 28.8 Å². The number of ketones is 1. The van der Waals surface area contributed by atoms with Gasteiger partial charge in [-0.1, -0.05) is 12.1 Å². The SMILES string of the molecule is CC(=O)c1cccc(NC(=O)c2ccnc(N(C)C3CCS(=O)(=O)C3)n2)c1. The van der Waals surface area contributed by atoms with Crippen LogP contribution in [0.25, 0.3) is 0 Å². The molecule has 0 bridgehead atoms. The van der Waals surface area contributed by atoms with Gasteiger partial charge in [-0.2, -0.15) is 0 Å². The Bertz CT molecular complexity index is 990. The molecule has 8 nitrogen and oxygen atoms in total. The molecule has 9 heteroatoms. The molecule has 1 aliphatic rings. The van der Waals surface area contributed by atoms with E-state index >= 15 is 0 Å². The van der Waals surface area contributed by atoms with Crippen LogP contribution in [-0.4, -0.2) is 54.7 Å². The van der Waals surface area contributed by atoms with Gasteiger partial charge in [0.05, 0.1) is 11.5 Å². The molecular weight excluding hydrogens is 368 g/mol. The summed E-state index contributed by atoms with van der Waals surface area (Å²) in [6.07, 6.45) is 1.97. The van der Waals surface area contributed by atoms with Gasteiger partial charge in [0.25, 0.3) is 5.91 Å². The fourth-order valence-corrected chi connectivity index (χ4v) is 4.67. The number of benzene rings is 1. The predicted octanol–water partition coefficient (Wildman–Crippen LogP) is 1.55. The van der Waals surface area contributed by atoms with Gasteiger partial charge >= 0.3 is 0 Å². The van der Waals surface area contributed by atoms with Gasteiger partial charge in [-0.05, 0) is 31.5 Å². The lowest BCUT2D eigenvalue weighted by Gasteiger charge is -2.23. The summed E-state index contributed by atoms with van der Waals surface area (Å²) in [4.78, 5) is 34.1. The zero-order valence-corrected chi connectivity index (χ0v) is 15.9. The number of amides is 1. The first-order chi connectivity index (χ1) is 12.7. The Balaban J connectivity index is 1.76. The van der Waals surface area contributed by atoms with Crippen molar-refractivity contribution in [3.05, 3.63) is 47.8 Å². The first-order valence-electron chi connectivity index (χ1n) is 8.44. The maximum atomic E-state index is 12.5. The fraction of sp³-hybridized carbons (Fsp3) is 0.333. The van der Waals surface area contributed by atoms with Gasteiger partial charge in [-0.15, -0.1) is 0 Å². The molecule has 1 aliphatic heterocycles. The van der Waals surface area contributed by atoms with Crippen molar-refractivity contribution in [1.82, 2.24) is 9.97 Å². The standard InChI is InChI=1S/C18H20N4O4S/c1-12(23)13-4-3-5-14(10-13)20-17(24)16-6-8-19-18(21-16)22(2)15-7-9-27(25,26)11-15/h3-6,8,10,15H,7,9,11H2,1-2H3,(H,20,24). The molecule has 1 fully saturated rings. The van der Waals surface area contributed by atoms with Crippen molar-refractivity contribution < 1.29 is 18.0 Å². The molecule has 1 saturated heterocycles. The summed E-state index contributed by atoms with van der Waals surface area (Å²) in [6, 6.07) is 7.91. The van der Waals surface area contributed by atoms with Gasteiger partial charge in [0, 0.05) is 30.5 Å². The molecule has 1 atom stereocenters. The van der Waals surface area contributed by atoms with Crippen LogP contribution in [-0.2, 0) is 9.84 Å². The number of aromatic nitrogens is 2. The summed E-state index contributed by atoms with van der Waals surface area (Å²) in [5.41, 5.74) is 1.14. The van der Waals surface area contributed by atoms with E-state index in [1.165, 1.54) is 19.2 Å². The third kappa shape index (κ3) is 4.48. The van der Waals surface area contributed by atoms with E-state index in [1.807, 2.05) is 0 Å². The Hall–Kier alpha value is -2.81. The molecule has 2 aromatic rings. The highest BCUT2D eigenvalue weighted by molar-refractivity contribution is 7.91. The lowest BCUT2D eigenvalue weighted by Crippen LogP contribution is -2.34. The maximum Gasteiger partial charge on any atom is 0.274 e. The summed E-state index contributed by atoms with van der Waals surface area (Å²) >= 11 is 0. The highest BCUT2D eigenvalue weighted by Gasteiger charge is 2.31. The molecule has 0 spiro atoms. The lowest BCUT2D eigenvalue weighted by atomic mass is 10.1. The zero-order chi connectivity index (χ0) is 19.6. The van der Waals surface area contributed by atoms with Crippen LogP contribution in [0, 0.1) is 0 Å². The number of carbonyl (C=O) groups excluding carboxylic acids is 2. The van der Waals surface area contributed by atoms with Gasteiger partial charge < -0.3 is 10.2 Å². The first kappa shape index (κ1) is 19.0. The number of hydrogen-bond donors (Lipinski definition) is 1. The van der Waals surface area contributed by atoms with E-state index in [1.54, 1.807) is 36.2 Å². The molecule has 1 unspecified atom stereocenters. The molecule has 2 heterocycles. The van der Waals surface area contributed by atoms with Crippen LogP contribution in [0.3, 0.4) is 0 Å². The van der Waals surface area contributed by atoms with Crippen LogP contribution in [0.15, 0.2) is 36.5 Å². The molecule has 142 valence electrons. The number of sulfone groups is 1. The molecule has 1 amide bonds. The molecule has 0 aliphatic carbocycles. The highest BCUT2D eigenvalue weighted by atomic mass is 32.2. The summed E-state index contributed by atoms with van der Waals surface area (Å²) in [5.74, 6) is -0.0342. The minimum atomic E-state index is -3.03. The van der Waals surface area contributed by atoms with Crippen molar-refractivity contribution in [2.45, 2.75) is 19.4 Å². The summed E-state index contributed by atoms with van der Waals surface area (Å²) in [5, 5.41) is 2.71. The van der Waals surface area contributed by atoms with Crippen molar-refractivity contribution in [1.29, 1.82) is 0 Å². The van der Waals surface area contributed by atoms with E-state index < -0.39 is 15.7 Å². The van der Waals surface area contributed by atoms with E-state index in [0.717, 1.165) is 0 Å². The summed E-state index contributed by atoms with van der Waals surface area (Å²) in [6.45, 7) is 1.46. The summed E-state index contributed by atoms with van der Waals surface area (Å²) in [7, 11) is -1.31. The molecule has 1 aromatic heterocycles. The minimum Gasteiger partial charge on any atom is -0.340 e. The Morgan fingerprint density at radius 1 is 1.26 bits per heavy atom. The van der Waals surface area contributed by atoms with E-state index in [4.69, 9.17) is 0 Å². The Morgan fingerprint density at radius 2 is 2.04 bits per heavy atom. The number of anilines is 2. The van der Waals surface area contributed by atoms with Crippen LogP contribution in [0.1, 0.15) is 34.2 Å². The Kier molecular flexibility index (Phi) is 5.22. The van der Waals surface area contributed by atoms with Crippen LogP contribution in [0.4, 0.5) is 11.6 Å². The average molecular weight is 388 g/mol. The molecular formula is C18H20N4O4S. The van der Waals surface area contributed by atoms with Crippen LogP contribution < -0.4 is 10.2 Å². The molecule has 27 heavy (non-hydrogen) atoms. The van der Waals surface area contributed by atoms with E-state index in [0.29, 0.717) is 23.6 Å². The van der Waals surface area contributed by atoms with E-state index in [9.17, 15) is 18.0 Å². The third-order valence-electron chi connectivity index (χ3n) is 4.47. The van der Waals surface area contributed by atoms with Crippen molar-refractivity contribution in [3.63, 3.8) is 0 Å². The number of carbonyl (C=O) groups is 2. The second kappa shape index (κ2) is 7.43. The minimum absolute atomic E-state index is 0.0567. The van der Waals surface area contributed by atoms with Crippen LogP contribution in [0.5, 0.6) is 0 Å². The zero-order valence-electron chi connectivity index (χ0n) is 15.0. The predicted molar refractivity (Wildman–Crippen MR) is 102 cm³/mol. The third-order valence-corrected chi connectivity index (χ3v) is 6.22. The van der Waals surface area contributed by atoms with Crippen molar-refractivity contribution in [3.8, 4) is 0 Å². The number of Topliss-reactive ketones (excluding diaryl/α,β-unsaturated/α-hetero) is 1. The largest absolute Gasteiger partial charge is 0.340 e. The lowest BCUT2D eigenvalue weighted by molar-refractivity contribution is 0.100. The Morgan fingerprint density at radius 3 is 2.70 bits per heavy atom. The fourth-order valence-electron chi connectivity index (χ4n) is 2.90. The number of nitrogens with zero attached hydrogens (tertiary/aromatic N) is 3. The van der Waals surface area contributed by atoms with Gasteiger partial charge in [0.15, 0.2) is 15.6 Å². The smallest absolute Gasteiger partial charge is 0.274 e. The maximum absolute atomic E-state index is 12.5. The number of rotatable bonds is 5. The number of hydrogen-bond acceptors (Lipinski definition) is 7. The molecule has 1 N–H and O–H groups in total. The highest BCUT2D eigenvalue weighted by Crippen LogP contribution is 2.20. The van der Waals surface area contributed by atoms with E-state index in [2.05, 4.69) is 15.3 Å². The molecule has 0 saturated carbocycles. The second-order valence-corrected chi connectivity index (χ2v) is 8.73. The average Bonchev–Trinajstić information content (AvgIpc) is 3.01. The molecule has 1 aromatic carbocycles. The second-order valence-electron chi connectivity index (χ2n) is 6.50. The van der Waals surface area contributed by atoms with Crippen LogP contribution in [0.2, 0.25) is 0 Å². The topological polar surface area (TPSA) is 109 Å². The Labute approximate surface area is 157 Å². The summed E-state index contributed by atoms with van der Waals surface area (Å²) < 4.78 is 23.3. The quantitative estimate of drug-likeness (QED) is 0.774. The molecule has 0 radical (unpaired) electrons. The number of nitrogens with one attached hydrogen (secondary N) is 1. The van der Waals surface area contributed by atoms with Gasteiger partial charge in [0.1, 0.15) is 5.69 Å². The van der Waals surface area contributed by atoms with Gasteiger partial charge in [-0.25, -0.2) is 18.4 Å². The molecule has 3 rings (SSSR count). The monoisotopic (exact) mass is 388 g/mol. The van der Waals surface area contributed by atoms with Gasteiger partial charge in [0.2, 0.25) is 5.95 Å².